The highest BCUT2D eigenvalue weighted by molar-refractivity contribution is 7.89. The third-order valence-corrected chi connectivity index (χ3v) is 4.75. The normalized spacial score (nSPS) is 18.4. The summed E-state index contributed by atoms with van der Waals surface area (Å²) >= 11 is 0. The number of sulfonamides is 1. The molecule has 118 valence electrons. The van der Waals surface area contributed by atoms with Gasteiger partial charge in [-0.05, 0) is 43.5 Å². The van der Waals surface area contributed by atoms with Crippen molar-refractivity contribution in [1.82, 2.24) is 0 Å². The Labute approximate surface area is 124 Å². The Hall–Kier alpha value is -1.18. The topological polar surface area (TPSA) is 78.6 Å². The van der Waals surface area contributed by atoms with E-state index in [4.69, 9.17) is 14.6 Å². The van der Waals surface area contributed by atoms with Crippen LogP contribution in [0.15, 0.2) is 18.2 Å². The molecule has 0 aliphatic carbocycles. The van der Waals surface area contributed by atoms with Gasteiger partial charge in [0, 0.05) is 18.6 Å². The van der Waals surface area contributed by atoms with E-state index in [-0.39, 0.29) is 18.2 Å². The zero-order valence-electron chi connectivity index (χ0n) is 12.0. The lowest BCUT2D eigenvalue weighted by Gasteiger charge is -2.36. The van der Waals surface area contributed by atoms with Gasteiger partial charge in [-0.1, -0.05) is 0 Å². The molecule has 1 aromatic rings. The van der Waals surface area contributed by atoms with E-state index in [1.807, 2.05) is 0 Å². The van der Waals surface area contributed by atoms with Crippen LogP contribution in [0.3, 0.4) is 0 Å². The van der Waals surface area contributed by atoms with Crippen LogP contribution in [0.25, 0.3) is 0 Å². The molecule has 2 N–H and O–H groups in total. The average molecular weight is 317 g/mol. The molecular formula is C14H20FNO4S. The molecule has 5 nitrogen and oxygen atoms in total. The lowest BCUT2D eigenvalue weighted by atomic mass is 9.83. The van der Waals surface area contributed by atoms with Gasteiger partial charge < -0.3 is 9.47 Å². The van der Waals surface area contributed by atoms with Crippen LogP contribution in [-0.4, -0.2) is 34.0 Å². The first kappa shape index (κ1) is 16.2. The van der Waals surface area contributed by atoms with E-state index >= 15 is 0 Å². The molecule has 0 unspecified atom stereocenters. The third-order valence-electron chi connectivity index (χ3n) is 3.73. The standard InChI is InChI=1S/C14H20FNO4S/c1-11-8-12(15)2-3-13(11)20-9-14(10-21(16,17)18)4-6-19-7-5-14/h2-3,8H,4-7,9-10H2,1H3,(H2,16,17,18). The fourth-order valence-electron chi connectivity index (χ4n) is 2.57. The van der Waals surface area contributed by atoms with Gasteiger partial charge in [-0.25, -0.2) is 17.9 Å². The number of ether oxygens (including phenoxy) is 2. The molecule has 0 bridgehead atoms. The quantitative estimate of drug-likeness (QED) is 0.894. The van der Waals surface area contributed by atoms with Gasteiger partial charge in [-0.3, -0.25) is 0 Å². The van der Waals surface area contributed by atoms with Gasteiger partial charge in [0.2, 0.25) is 10.0 Å². The van der Waals surface area contributed by atoms with Gasteiger partial charge in [0.05, 0.1) is 12.4 Å². The first-order chi connectivity index (χ1) is 9.80. The number of aryl methyl sites for hydroxylation is 1. The summed E-state index contributed by atoms with van der Waals surface area (Å²) in [6, 6.07) is 4.25. The van der Waals surface area contributed by atoms with Crippen molar-refractivity contribution < 1.29 is 22.3 Å². The zero-order valence-corrected chi connectivity index (χ0v) is 12.8. The van der Waals surface area contributed by atoms with Gasteiger partial charge in [0.1, 0.15) is 11.6 Å². The molecule has 1 fully saturated rings. The summed E-state index contributed by atoms with van der Waals surface area (Å²) in [7, 11) is -3.60. The maximum atomic E-state index is 13.1. The Kier molecular flexibility index (Phi) is 4.85. The lowest BCUT2D eigenvalue weighted by molar-refractivity contribution is 0.00197. The van der Waals surface area contributed by atoms with Crippen LogP contribution >= 0.6 is 0 Å². The van der Waals surface area contributed by atoms with E-state index in [9.17, 15) is 12.8 Å². The van der Waals surface area contributed by atoms with E-state index in [2.05, 4.69) is 0 Å². The Morgan fingerprint density at radius 1 is 1.38 bits per heavy atom. The summed E-state index contributed by atoms with van der Waals surface area (Å²) in [6.07, 6.45) is 1.15. The van der Waals surface area contributed by atoms with E-state index in [1.54, 1.807) is 13.0 Å². The number of benzene rings is 1. The summed E-state index contributed by atoms with van der Waals surface area (Å²) in [4.78, 5) is 0. The number of primary sulfonamides is 1. The molecule has 0 atom stereocenters. The van der Waals surface area contributed by atoms with Gasteiger partial charge in [0.25, 0.3) is 0 Å². The first-order valence-electron chi connectivity index (χ1n) is 6.77. The summed E-state index contributed by atoms with van der Waals surface area (Å²) in [5.41, 5.74) is 0.125. The van der Waals surface area contributed by atoms with Crippen molar-refractivity contribution >= 4 is 10.0 Å². The molecule has 1 aliphatic heterocycles. The number of nitrogens with two attached hydrogens (primary N) is 1. The number of rotatable bonds is 5. The molecule has 1 saturated heterocycles. The molecule has 1 heterocycles. The third kappa shape index (κ3) is 4.66. The smallest absolute Gasteiger partial charge is 0.209 e. The monoisotopic (exact) mass is 317 g/mol. The minimum absolute atomic E-state index is 0.135. The predicted molar refractivity (Wildman–Crippen MR) is 77.1 cm³/mol. The van der Waals surface area contributed by atoms with Crippen LogP contribution in [-0.2, 0) is 14.8 Å². The molecule has 2 rings (SSSR count). The predicted octanol–water partition coefficient (Wildman–Crippen LogP) is 1.60. The molecule has 0 spiro atoms. The van der Waals surface area contributed by atoms with Crippen LogP contribution in [0.2, 0.25) is 0 Å². The molecule has 1 aromatic carbocycles. The fourth-order valence-corrected chi connectivity index (χ4v) is 3.79. The molecular weight excluding hydrogens is 297 g/mol. The molecule has 0 saturated carbocycles. The van der Waals surface area contributed by atoms with Crippen molar-refractivity contribution in [3.05, 3.63) is 29.6 Å². The summed E-state index contributed by atoms with van der Waals surface area (Å²) in [5, 5.41) is 5.20. The van der Waals surface area contributed by atoms with Gasteiger partial charge >= 0.3 is 0 Å². The Morgan fingerprint density at radius 2 is 2.05 bits per heavy atom. The van der Waals surface area contributed by atoms with Crippen molar-refractivity contribution in [3.8, 4) is 5.75 Å². The maximum absolute atomic E-state index is 13.1. The van der Waals surface area contributed by atoms with Crippen molar-refractivity contribution in [3.63, 3.8) is 0 Å². The minimum atomic E-state index is -3.60. The summed E-state index contributed by atoms with van der Waals surface area (Å²) < 4.78 is 47.0. The lowest BCUT2D eigenvalue weighted by Crippen LogP contribution is -2.42. The van der Waals surface area contributed by atoms with Crippen molar-refractivity contribution in [2.75, 3.05) is 25.6 Å². The number of hydrogen-bond donors (Lipinski definition) is 1. The summed E-state index contributed by atoms with van der Waals surface area (Å²) in [6.45, 7) is 2.94. The molecule has 0 amide bonds. The highest BCUT2D eigenvalue weighted by Crippen LogP contribution is 2.33. The molecule has 21 heavy (non-hydrogen) atoms. The van der Waals surface area contributed by atoms with Crippen LogP contribution in [0, 0.1) is 18.2 Å². The van der Waals surface area contributed by atoms with E-state index in [0.29, 0.717) is 37.4 Å². The second-order valence-electron chi connectivity index (χ2n) is 5.62. The Balaban J connectivity index is 2.12. The SMILES string of the molecule is Cc1cc(F)ccc1OCC1(CS(N)(=O)=O)CCOCC1. The second kappa shape index (κ2) is 6.29. The first-order valence-corrected chi connectivity index (χ1v) is 8.48. The zero-order chi connectivity index (χ0) is 15.5. The van der Waals surface area contributed by atoms with Gasteiger partial charge in [0.15, 0.2) is 0 Å². The van der Waals surface area contributed by atoms with E-state index in [1.165, 1.54) is 12.1 Å². The maximum Gasteiger partial charge on any atom is 0.209 e. The van der Waals surface area contributed by atoms with Crippen LogP contribution in [0.5, 0.6) is 5.75 Å². The van der Waals surface area contributed by atoms with Crippen molar-refractivity contribution in [2.45, 2.75) is 19.8 Å². The Morgan fingerprint density at radius 3 is 2.62 bits per heavy atom. The molecule has 1 aliphatic rings. The average Bonchev–Trinajstić information content (AvgIpc) is 2.37. The summed E-state index contributed by atoms with van der Waals surface area (Å²) in [5.74, 6) is 0.0886. The highest BCUT2D eigenvalue weighted by Gasteiger charge is 2.37. The minimum Gasteiger partial charge on any atom is -0.493 e. The van der Waals surface area contributed by atoms with Crippen LogP contribution in [0.4, 0.5) is 4.39 Å². The largest absolute Gasteiger partial charge is 0.493 e. The van der Waals surface area contributed by atoms with E-state index in [0.717, 1.165) is 0 Å². The number of halogens is 1. The fraction of sp³-hybridized carbons (Fsp3) is 0.571. The Bertz CT molecular complexity index is 597. The van der Waals surface area contributed by atoms with Crippen molar-refractivity contribution in [1.29, 1.82) is 0 Å². The number of hydrogen-bond acceptors (Lipinski definition) is 4. The van der Waals surface area contributed by atoms with Crippen LogP contribution < -0.4 is 9.88 Å². The van der Waals surface area contributed by atoms with E-state index < -0.39 is 15.4 Å². The second-order valence-corrected chi connectivity index (χ2v) is 7.23. The molecule has 0 radical (unpaired) electrons. The highest BCUT2D eigenvalue weighted by atomic mass is 32.2. The van der Waals surface area contributed by atoms with Gasteiger partial charge in [-0.15, -0.1) is 0 Å². The van der Waals surface area contributed by atoms with Gasteiger partial charge in [-0.2, -0.15) is 0 Å². The van der Waals surface area contributed by atoms with Crippen molar-refractivity contribution in [2.24, 2.45) is 10.6 Å². The molecule has 7 heteroatoms. The molecule has 0 aromatic heterocycles. The van der Waals surface area contributed by atoms with Crippen LogP contribution in [0.1, 0.15) is 18.4 Å².